The third kappa shape index (κ3) is 2.61. The van der Waals surface area contributed by atoms with Gasteiger partial charge in [0, 0.05) is 12.0 Å². The van der Waals surface area contributed by atoms with Crippen LogP contribution >= 0.6 is 0 Å². The number of piperidine rings is 1. The van der Waals surface area contributed by atoms with Crippen molar-refractivity contribution in [3.05, 3.63) is 35.9 Å². The molecule has 0 spiro atoms. The van der Waals surface area contributed by atoms with E-state index in [2.05, 4.69) is 10.6 Å². The van der Waals surface area contributed by atoms with E-state index in [-0.39, 0.29) is 17.9 Å². The van der Waals surface area contributed by atoms with Crippen molar-refractivity contribution >= 4 is 12.0 Å². The minimum Gasteiger partial charge on any atom is -0.465 e. The van der Waals surface area contributed by atoms with Gasteiger partial charge in [-0.2, -0.15) is 0 Å². The molecule has 1 aromatic rings. The third-order valence-corrected chi connectivity index (χ3v) is 3.31. The molecule has 1 heterocycles. The fourth-order valence-corrected chi connectivity index (χ4v) is 2.39. The number of carbonyl (C=O) groups is 2. The molecule has 2 rings (SSSR count). The highest BCUT2D eigenvalue weighted by atomic mass is 16.4. The van der Waals surface area contributed by atoms with Crippen molar-refractivity contribution in [2.24, 2.45) is 0 Å². The molecule has 5 nitrogen and oxygen atoms in total. The van der Waals surface area contributed by atoms with E-state index < -0.39 is 12.1 Å². The largest absolute Gasteiger partial charge is 0.465 e. The minimum atomic E-state index is -1.17. The maximum Gasteiger partial charge on any atom is 0.405 e. The summed E-state index contributed by atoms with van der Waals surface area (Å²) in [7, 11) is 0. The first kappa shape index (κ1) is 12.4. The van der Waals surface area contributed by atoms with Crippen LogP contribution in [0.4, 0.5) is 4.79 Å². The molecular weight excluding hydrogens is 232 g/mol. The quantitative estimate of drug-likeness (QED) is 0.738. The van der Waals surface area contributed by atoms with E-state index >= 15 is 0 Å². The molecule has 0 aliphatic carbocycles. The van der Waals surface area contributed by atoms with Crippen LogP contribution in [0.15, 0.2) is 30.3 Å². The zero-order valence-electron chi connectivity index (χ0n) is 10.1. The van der Waals surface area contributed by atoms with Gasteiger partial charge in [0.05, 0.1) is 0 Å². The van der Waals surface area contributed by atoms with Crippen molar-refractivity contribution in [1.82, 2.24) is 10.6 Å². The highest BCUT2D eigenvalue weighted by Crippen LogP contribution is 2.28. The number of carboxylic acid groups (broad SMARTS) is 1. The summed E-state index contributed by atoms with van der Waals surface area (Å²) in [6, 6.07) is 9.14. The van der Waals surface area contributed by atoms with Crippen LogP contribution in [0, 0.1) is 0 Å². The second kappa shape index (κ2) is 5.08. The molecule has 0 aromatic heterocycles. The van der Waals surface area contributed by atoms with Crippen LogP contribution in [0.1, 0.15) is 24.8 Å². The first-order chi connectivity index (χ1) is 8.58. The first-order valence-electron chi connectivity index (χ1n) is 5.92. The highest BCUT2D eigenvalue weighted by molar-refractivity contribution is 5.86. The Kier molecular flexibility index (Phi) is 3.50. The lowest BCUT2D eigenvalue weighted by Gasteiger charge is -2.34. The van der Waals surface area contributed by atoms with Crippen LogP contribution in [0.5, 0.6) is 0 Å². The molecule has 1 saturated heterocycles. The summed E-state index contributed by atoms with van der Waals surface area (Å²) >= 11 is 0. The molecule has 96 valence electrons. The van der Waals surface area contributed by atoms with Gasteiger partial charge in [-0.1, -0.05) is 30.3 Å². The number of nitrogens with one attached hydrogen (secondary N) is 2. The summed E-state index contributed by atoms with van der Waals surface area (Å²) in [5, 5.41) is 13.8. The summed E-state index contributed by atoms with van der Waals surface area (Å²) in [5.41, 5.74) is 1.11. The molecule has 0 unspecified atom stereocenters. The van der Waals surface area contributed by atoms with Crippen LogP contribution in [0.2, 0.25) is 0 Å². The number of hydrogen-bond acceptors (Lipinski definition) is 2. The lowest BCUT2D eigenvalue weighted by atomic mass is 9.83. The number of benzene rings is 1. The number of amides is 2. The molecule has 18 heavy (non-hydrogen) atoms. The van der Waals surface area contributed by atoms with Crippen molar-refractivity contribution in [2.45, 2.75) is 31.3 Å². The maximum absolute atomic E-state index is 11.7. The monoisotopic (exact) mass is 248 g/mol. The Bertz CT molecular complexity index is 447. The van der Waals surface area contributed by atoms with Gasteiger partial charge in [0.1, 0.15) is 6.04 Å². The Hall–Kier alpha value is -2.04. The Morgan fingerprint density at radius 3 is 2.67 bits per heavy atom. The summed E-state index contributed by atoms with van der Waals surface area (Å²) in [4.78, 5) is 22.3. The average molecular weight is 248 g/mol. The fraction of sp³-hybridized carbons (Fsp3) is 0.385. The van der Waals surface area contributed by atoms with Gasteiger partial charge >= 0.3 is 6.09 Å². The van der Waals surface area contributed by atoms with Crippen molar-refractivity contribution < 1.29 is 14.7 Å². The fourth-order valence-electron chi connectivity index (χ4n) is 2.39. The van der Waals surface area contributed by atoms with Gasteiger partial charge in [-0.05, 0) is 18.9 Å². The topological polar surface area (TPSA) is 78.4 Å². The van der Waals surface area contributed by atoms with Gasteiger partial charge in [0.2, 0.25) is 5.91 Å². The first-order valence-corrected chi connectivity index (χ1v) is 5.92. The van der Waals surface area contributed by atoms with Gasteiger partial charge < -0.3 is 15.7 Å². The van der Waals surface area contributed by atoms with Crippen molar-refractivity contribution in [3.63, 3.8) is 0 Å². The molecule has 1 fully saturated rings. The molecule has 3 N–H and O–H groups in total. The third-order valence-electron chi connectivity index (χ3n) is 3.31. The van der Waals surface area contributed by atoms with Gasteiger partial charge in [-0.25, -0.2) is 4.79 Å². The summed E-state index contributed by atoms with van der Waals surface area (Å²) in [6.07, 6.45) is -0.680. The van der Waals surface area contributed by atoms with Crippen LogP contribution in [0.3, 0.4) is 0 Å². The van der Waals surface area contributed by atoms with Crippen LogP contribution in [-0.4, -0.2) is 29.2 Å². The molecular formula is C13H16N2O3. The molecule has 0 bridgehead atoms. The normalized spacial score (nSPS) is 27.4. The average Bonchev–Trinajstić information content (AvgIpc) is 2.33. The number of carbonyl (C=O) groups excluding carboxylic acids is 1. The minimum absolute atomic E-state index is 0.00625. The molecule has 1 aromatic carbocycles. The lowest BCUT2D eigenvalue weighted by molar-refractivity contribution is -0.125. The van der Waals surface area contributed by atoms with Gasteiger partial charge in [-0.3, -0.25) is 4.79 Å². The predicted molar refractivity (Wildman–Crippen MR) is 66.4 cm³/mol. The number of hydrogen-bond donors (Lipinski definition) is 3. The smallest absolute Gasteiger partial charge is 0.405 e. The molecule has 3 atom stereocenters. The molecule has 0 saturated carbocycles. The van der Waals surface area contributed by atoms with E-state index in [1.807, 2.05) is 37.3 Å². The Labute approximate surface area is 105 Å². The second-order valence-electron chi connectivity index (χ2n) is 4.55. The zero-order chi connectivity index (χ0) is 13.1. The second-order valence-corrected chi connectivity index (χ2v) is 4.55. The van der Waals surface area contributed by atoms with Crippen LogP contribution in [0.25, 0.3) is 0 Å². The van der Waals surface area contributed by atoms with Crippen LogP contribution < -0.4 is 10.6 Å². The van der Waals surface area contributed by atoms with E-state index in [1.165, 1.54) is 0 Å². The van der Waals surface area contributed by atoms with Crippen molar-refractivity contribution in [3.8, 4) is 0 Å². The summed E-state index contributed by atoms with van der Waals surface area (Å²) in [5.74, 6) is -0.127. The van der Waals surface area contributed by atoms with E-state index in [0.29, 0.717) is 6.42 Å². The molecule has 0 radical (unpaired) electrons. The number of rotatable bonds is 2. The molecule has 1 aliphatic heterocycles. The maximum atomic E-state index is 11.7. The predicted octanol–water partition coefficient (Wildman–Crippen LogP) is 1.31. The van der Waals surface area contributed by atoms with E-state index in [9.17, 15) is 9.59 Å². The lowest BCUT2D eigenvalue weighted by Crippen LogP contribution is -2.55. The van der Waals surface area contributed by atoms with Crippen LogP contribution in [-0.2, 0) is 4.79 Å². The van der Waals surface area contributed by atoms with Gasteiger partial charge in [0.15, 0.2) is 0 Å². The summed E-state index contributed by atoms with van der Waals surface area (Å²) in [6.45, 7) is 1.94. The summed E-state index contributed by atoms with van der Waals surface area (Å²) < 4.78 is 0. The van der Waals surface area contributed by atoms with Gasteiger partial charge in [-0.15, -0.1) is 0 Å². The van der Waals surface area contributed by atoms with Crippen molar-refractivity contribution in [1.29, 1.82) is 0 Å². The van der Waals surface area contributed by atoms with E-state index in [1.54, 1.807) is 0 Å². The molecule has 2 amide bonds. The Morgan fingerprint density at radius 2 is 2.06 bits per heavy atom. The SMILES string of the molecule is C[C@H]1NC(=O)[C@@H](NC(=O)O)C[C@H]1c1ccccc1. The van der Waals surface area contributed by atoms with E-state index in [4.69, 9.17) is 5.11 Å². The standard InChI is InChI=1S/C13H16N2O3/c1-8-10(9-5-3-2-4-6-9)7-11(12(16)14-8)15-13(17)18/h2-6,8,10-11,15H,7H2,1H3,(H,14,16)(H,17,18)/t8-,10-,11+/m1/s1. The van der Waals surface area contributed by atoms with E-state index in [0.717, 1.165) is 5.56 Å². The molecule has 5 heteroatoms. The zero-order valence-corrected chi connectivity index (χ0v) is 10.1. The molecule has 1 aliphatic rings. The van der Waals surface area contributed by atoms with Gasteiger partial charge in [0.25, 0.3) is 0 Å². The Morgan fingerprint density at radius 1 is 1.39 bits per heavy atom. The van der Waals surface area contributed by atoms with Crippen molar-refractivity contribution in [2.75, 3.05) is 0 Å². The Balaban J connectivity index is 2.16. The highest BCUT2D eigenvalue weighted by Gasteiger charge is 2.34.